The van der Waals surface area contributed by atoms with Gasteiger partial charge in [-0.2, -0.15) is 5.10 Å². The van der Waals surface area contributed by atoms with Gasteiger partial charge in [0.1, 0.15) is 10.4 Å². The minimum Gasteiger partial charge on any atom is -0.383 e. The molecule has 1 amide bonds. The van der Waals surface area contributed by atoms with Crippen LogP contribution in [0.1, 0.15) is 31.5 Å². The van der Waals surface area contributed by atoms with E-state index < -0.39 is 0 Å². The number of ether oxygens (including phenoxy) is 1. The van der Waals surface area contributed by atoms with Crippen LogP contribution in [-0.4, -0.2) is 50.9 Å². The molecule has 1 fully saturated rings. The molecule has 1 aromatic carbocycles. The van der Waals surface area contributed by atoms with Gasteiger partial charge in [-0.15, -0.1) is 0 Å². The lowest BCUT2D eigenvalue weighted by atomic mass is 9.79. The number of hydrogen-bond acceptors (Lipinski definition) is 6. The van der Waals surface area contributed by atoms with Gasteiger partial charge >= 0.3 is 0 Å². The smallest absolute Gasteiger partial charge is 0.223 e. The Balaban J connectivity index is 1.37. The molecule has 1 aliphatic rings. The van der Waals surface area contributed by atoms with Crippen LogP contribution in [-0.2, 0) is 16.0 Å². The number of carbonyl (C=O) groups excluding carboxylic acids is 1. The van der Waals surface area contributed by atoms with Crippen molar-refractivity contribution in [1.29, 1.82) is 0 Å². The highest BCUT2D eigenvalue weighted by Crippen LogP contribution is 2.32. The van der Waals surface area contributed by atoms with E-state index in [-0.39, 0.29) is 11.8 Å². The van der Waals surface area contributed by atoms with Gasteiger partial charge in [0.15, 0.2) is 5.65 Å². The van der Waals surface area contributed by atoms with Crippen LogP contribution in [0.2, 0.25) is 0 Å². The molecule has 0 bridgehead atoms. The van der Waals surface area contributed by atoms with Crippen LogP contribution >= 0.6 is 15.9 Å². The van der Waals surface area contributed by atoms with Crippen LogP contribution in [0.15, 0.2) is 47.3 Å². The summed E-state index contributed by atoms with van der Waals surface area (Å²) in [4.78, 5) is 26.5. The molecular weight excluding hydrogens is 496 g/mol. The monoisotopic (exact) mass is 522 g/mol. The number of hydrogen-bond donors (Lipinski definition) is 1. The zero-order valence-electron chi connectivity index (χ0n) is 19.1. The Bertz CT molecular complexity index is 1320. The molecule has 0 saturated heterocycles. The Morgan fingerprint density at radius 3 is 3.06 bits per heavy atom. The van der Waals surface area contributed by atoms with Gasteiger partial charge < -0.3 is 10.1 Å². The largest absolute Gasteiger partial charge is 0.383 e. The van der Waals surface area contributed by atoms with E-state index >= 15 is 0 Å². The fourth-order valence-electron chi connectivity index (χ4n) is 4.77. The Morgan fingerprint density at radius 1 is 1.26 bits per heavy atom. The molecule has 0 radical (unpaired) electrons. The Kier molecular flexibility index (Phi) is 6.82. The van der Waals surface area contributed by atoms with E-state index in [1.54, 1.807) is 13.3 Å². The van der Waals surface area contributed by atoms with Crippen molar-refractivity contribution in [2.45, 2.75) is 32.1 Å². The van der Waals surface area contributed by atoms with E-state index in [4.69, 9.17) is 9.72 Å². The normalized spacial score (nSPS) is 18.4. The van der Waals surface area contributed by atoms with Crippen molar-refractivity contribution in [3.8, 4) is 5.69 Å². The second kappa shape index (κ2) is 10.1. The topological polar surface area (TPSA) is 94.8 Å². The number of halogens is 1. The number of carbonyl (C=O) groups is 1. The van der Waals surface area contributed by atoms with Gasteiger partial charge in [0, 0.05) is 43.8 Å². The lowest BCUT2D eigenvalue weighted by Crippen LogP contribution is -2.36. The van der Waals surface area contributed by atoms with Gasteiger partial charge in [-0.1, -0.05) is 12.5 Å². The molecule has 0 unspecified atom stereocenters. The highest BCUT2D eigenvalue weighted by Gasteiger charge is 2.28. The highest BCUT2D eigenvalue weighted by molar-refractivity contribution is 9.10. The summed E-state index contributed by atoms with van der Waals surface area (Å²) in [6.45, 7) is 1.09. The van der Waals surface area contributed by atoms with E-state index in [0.29, 0.717) is 23.7 Å². The first kappa shape index (κ1) is 22.9. The fraction of sp³-hybridized carbons (Fsp3) is 0.400. The Labute approximate surface area is 206 Å². The number of amides is 1. The molecule has 34 heavy (non-hydrogen) atoms. The van der Waals surface area contributed by atoms with Crippen LogP contribution in [0.25, 0.3) is 27.6 Å². The Hall–Kier alpha value is -2.91. The van der Waals surface area contributed by atoms with Gasteiger partial charge in [0.05, 0.1) is 23.2 Å². The number of nitrogens with one attached hydrogen (secondary N) is 1. The van der Waals surface area contributed by atoms with E-state index in [9.17, 15) is 4.79 Å². The van der Waals surface area contributed by atoms with E-state index in [1.165, 1.54) is 0 Å². The molecule has 1 saturated carbocycles. The van der Waals surface area contributed by atoms with Crippen molar-refractivity contribution >= 4 is 43.8 Å². The molecule has 3 aromatic heterocycles. The zero-order chi connectivity index (χ0) is 23.5. The summed E-state index contributed by atoms with van der Waals surface area (Å²) in [5.41, 5.74) is 2.63. The van der Waals surface area contributed by atoms with Gasteiger partial charge in [-0.05, 0) is 65.4 Å². The number of nitrogens with zero attached hydrogens (tertiary/aromatic N) is 5. The second-order valence-corrected chi connectivity index (χ2v) is 9.58. The lowest BCUT2D eigenvalue weighted by molar-refractivity contribution is -0.126. The van der Waals surface area contributed by atoms with Crippen molar-refractivity contribution in [1.82, 2.24) is 30.0 Å². The number of rotatable bonds is 7. The molecule has 5 rings (SSSR count). The molecule has 1 aliphatic carbocycles. The third-order valence-corrected chi connectivity index (χ3v) is 7.08. The lowest BCUT2D eigenvalue weighted by Gasteiger charge is -2.28. The number of benzene rings is 1. The predicted molar refractivity (Wildman–Crippen MR) is 134 cm³/mol. The van der Waals surface area contributed by atoms with Crippen molar-refractivity contribution in [3.05, 3.63) is 53.2 Å². The van der Waals surface area contributed by atoms with E-state index in [1.807, 2.05) is 35.1 Å². The SMILES string of the molecule is COCCNC(=O)[C@@H]1CCC[C@@H](Cc2ncc3c(Br)nn(-c4ccc5ncccc5c4)c3n2)C1. The molecule has 0 spiro atoms. The molecule has 1 N–H and O–H groups in total. The first-order valence-electron chi connectivity index (χ1n) is 11.6. The average Bonchev–Trinajstić information content (AvgIpc) is 3.19. The first-order chi connectivity index (χ1) is 16.6. The number of aromatic nitrogens is 5. The third kappa shape index (κ3) is 4.81. The quantitative estimate of drug-likeness (QED) is 0.365. The maximum Gasteiger partial charge on any atom is 0.223 e. The molecule has 0 aliphatic heterocycles. The summed E-state index contributed by atoms with van der Waals surface area (Å²) in [7, 11) is 1.64. The van der Waals surface area contributed by atoms with Crippen LogP contribution < -0.4 is 5.32 Å². The minimum atomic E-state index is 0.0465. The third-order valence-electron chi connectivity index (χ3n) is 6.49. The molecule has 9 heteroatoms. The minimum absolute atomic E-state index is 0.0465. The summed E-state index contributed by atoms with van der Waals surface area (Å²) < 4.78 is 7.60. The maximum atomic E-state index is 12.5. The standard InChI is InChI=1S/C25H27BrN6O2/c1-34-11-10-28-25(33)18-5-2-4-16(12-18)13-22-29-15-20-23(26)31-32(24(20)30-22)19-7-8-21-17(14-19)6-3-9-27-21/h3,6-9,14-16,18H,2,4-5,10-13H2,1H3,(H,28,33)/t16-,18-/m1/s1. The van der Waals surface area contributed by atoms with Crippen LogP contribution in [0.5, 0.6) is 0 Å². The summed E-state index contributed by atoms with van der Waals surface area (Å²) in [5, 5.41) is 9.58. The van der Waals surface area contributed by atoms with Crippen LogP contribution in [0.4, 0.5) is 0 Å². The van der Waals surface area contributed by atoms with Crippen molar-refractivity contribution in [2.24, 2.45) is 11.8 Å². The first-order valence-corrected chi connectivity index (χ1v) is 12.4. The average molecular weight is 523 g/mol. The maximum absolute atomic E-state index is 12.5. The van der Waals surface area contributed by atoms with Gasteiger partial charge in [0.25, 0.3) is 0 Å². The number of methoxy groups -OCH3 is 1. The van der Waals surface area contributed by atoms with Gasteiger partial charge in [0.2, 0.25) is 5.91 Å². The van der Waals surface area contributed by atoms with Gasteiger partial charge in [-0.25, -0.2) is 14.6 Å². The molecule has 4 aromatic rings. The second-order valence-electron chi connectivity index (χ2n) is 8.82. The molecule has 2 atom stereocenters. The number of fused-ring (bicyclic) bond motifs is 2. The number of pyridine rings is 1. The summed E-state index contributed by atoms with van der Waals surface area (Å²) >= 11 is 3.56. The zero-order valence-corrected chi connectivity index (χ0v) is 20.7. The highest BCUT2D eigenvalue weighted by atomic mass is 79.9. The van der Waals surface area contributed by atoms with Crippen molar-refractivity contribution < 1.29 is 9.53 Å². The van der Waals surface area contributed by atoms with E-state index in [0.717, 1.165) is 65.6 Å². The molecule has 8 nitrogen and oxygen atoms in total. The summed E-state index contributed by atoms with van der Waals surface area (Å²) in [6, 6.07) is 10.0. The summed E-state index contributed by atoms with van der Waals surface area (Å²) in [5.74, 6) is 1.35. The molecule has 3 heterocycles. The fourth-order valence-corrected chi connectivity index (χ4v) is 5.21. The molecule has 176 valence electrons. The van der Waals surface area contributed by atoms with Crippen LogP contribution in [0.3, 0.4) is 0 Å². The van der Waals surface area contributed by atoms with Crippen LogP contribution in [0, 0.1) is 11.8 Å². The van der Waals surface area contributed by atoms with Gasteiger partial charge in [-0.3, -0.25) is 9.78 Å². The van der Waals surface area contributed by atoms with Crippen molar-refractivity contribution in [3.63, 3.8) is 0 Å². The van der Waals surface area contributed by atoms with Crippen molar-refractivity contribution in [2.75, 3.05) is 20.3 Å². The molecular formula is C25H27BrN6O2. The van der Waals surface area contributed by atoms with E-state index in [2.05, 4.69) is 42.4 Å². The Morgan fingerprint density at radius 2 is 2.18 bits per heavy atom. The summed E-state index contributed by atoms with van der Waals surface area (Å²) in [6.07, 6.45) is 8.31. The predicted octanol–water partition coefficient (Wildman–Crippen LogP) is 4.24.